The lowest BCUT2D eigenvalue weighted by molar-refractivity contribution is -0.144. The van der Waals surface area contributed by atoms with Gasteiger partial charge in [-0.2, -0.15) is 4.98 Å². The monoisotopic (exact) mass is 435 g/mol. The van der Waals surface area contributed by atoms with Gasteiger partial charge in [0.2, 0.25) is 5.95 Å². The molecule has 32 heavy (non-hydrogen) atoms. The molecule has 3 fully saturated rings. The number of carbonyl (C=O) groups is 1. The van der Waals surface area contributed by atoms with Gasteiger partial charge in [0.1, 0.15) is 5.82 Å². The van der Waals surface area contributed by atoms with Crippen LogP contribution in [-0.2, 0) is 4.79 Å². The summed E-state index contributed by atoms with van der Waals surface area (Å²) in [6.45, 7) is 3.94. The van der Waals surface area contributed by atoms with E-state index < -0.39 is 5.60 Å². The van der Waals surface area contributed by atoms with Crippen molar-refractivity contribution in [2.75, 3.05) is 41.3 Å². The minimum absolute atomic E-state index is 0.0753. The Morgan fingerprint density at radius 2 is 1.88 bits per heavy atom. The van der Waals surface area contributed by atoms with E-state index in [0.29, 0.717) is 23.3 Å². The van der Waals surface area contributed by atoms with E-state index in [1.165, 1.54) is 0 Å². The van der Waals surface area contributed by atoms with Crippen molar-refractivity contribution < 1.29 is 9.53 Å². The number of ether oxygens (including phenoxy) is 1. The van der Waals surface area contributed by atoms with E-state index in [1.807, 2.05) is 17.2 Å². The largest absolute Gasteiger partial charge is 0.472 e. The Hall–Kier alpha value is -2.94. The van der Waals surface area contributed by atoms with Crippen molar-refractivity contribution in [3.05, 3.63) is 24.5 Å². The van der Waals surface area contributed by atoms with Gasteiger partial charge >= 0.3 is 0 Å². The molecule has 9 heteroatoms. The summed E-state index contributed by atoms with van der Waals surface area (Å²) in [6, 6.07) is 4.21. The van der Waals surface area contributed by atoms with E-state index in [-0.39, 0.29) is 11.9 Å². The van der Waals surface area contributed by atoms with Gasteiger partial charge in [0.25, 0.3) is 5.91 Å². The fourth-order valence-electron chi connectivity index (χ4n) is 5.24. The Bertz CT molecular complexity index is 996. The molecule has 168 valence electrons. The fraction of sp³-hybridized carbons (Fsp3) is 0.565. The molecule has 2 aromatic heterocycles. The second-order valence-electron chi connectivity index (χ2n) is 9.21. The van der Waals surface area contributed by atoms with Crippen molar-refractivity contribution >= 4 is 29.2 Å². The van der Waals surface area contributed by atoms with Crippen molar-refractivity contribution in [2.24, 2.45) is 0 Å². The van der Waals surface area contributed by atoms with Gasteiger partial charge in [-0.1, -0.05) is 12.8 Å². The normalized spacial score (nSPS) is 22.4. The molecule has 0 radical (unpaired) electrons. The van der Waals surface area contributed by atoms with E-state index in [0.717, 1.165) is 76.8 Å². The van der Waals surface area contributed by atoms with Crippen LogP contribution in [0.3, 0.4) is 0 Å². The van der Waals surface area contributed by atoms with Gasteiger partial charge in [0.05, 0.1) is 18.1 Å². The summed E-state index contributed by atoms with van der Waals surface area (Å²) in [6.07, 6.45) is 10.5. The average molecular weight is 436 g/mol. The lowest BCUT2D eigenvalue weighted by atomic mass is 9.77. The smallest absolute Gasteiger partial charge is 0.272 e. The predicted molar refractivity (Wildman–Crippen MR) is 122 cm³/mol. The Morgan fingerprint density at radius 1 is 1.06 bits per heavy atom. The highest BCUT2D eigenvalue weighted by molar-refractivity contribution is 6.03. The summed E-state index contributed by atoms with van der Waals surface area (Å²) in [5, 5.41) is 6.56. The number of hydrogen-bond acceptors (Lipinski definition) is 8. The number of piperazine rings is 1. The highest BCUT2D eigenvalue weighted by Crippen LogP contribution is 2.47. The van der Waals surface area contributed by atoms with Crippen LogP contribution in [0.5, 0.6) is 5.75 Å². The zero-order valence-corrected chi connectivity index (χ0v) is 18.2. The maximum Gasteiger partial charge on any atom is 0.272 e. The zero-order chi connectivity index (χ0) is 21.5. The fourth-order valence-corrected chi connectivity index (χ4v) is 5.24. The van der Waals surface area contributed by atoms with E-state index >= 15 is 0 Å². The standard InChI is InChI=1S/C23H29N7O2/c31-21-23(8-3-9-23)32-18-15-26-22(28-20(18)30(21)16-4-1-2-5-16)27-19-7-6-17(14-25-19)29-12-10-24-11-13-29/h6-7,14-16,24H,1-5,8-13H2,(H,25,26,27,28). The number of nitrogens with one attached hydrogen (secondary N) is 2. The molecule has 0 unspecified atom stereocenters. The number of fused-ring (bicyclic) bond motifs is 1. The maximum absolute atomic E-state index is 13.4. The molecule has 4 aliphatic rings. The summed E-state index contributed by atoms with van der Waals surface area (Å²) in [5.74, 6) is 2.38. The highest BCUT2D eigenvalue weighted by Gasteiger charge is 2.54. The van der Waals surface area contributed by atoms with Crippen LogP contribution in [0.1, 0.15) is 44.9 Å². The molecule has 2 aromatic rings. The molecule has 9 nitrogen and oxygen atoms in total. The van der Waals surface area contributed by atoms with E-state index in [1.54, 1.807) is 6.20 Å². The summed E-state index contributed by atoms with van der Waals surface area (Å²) in [5.41, 5.74) is 0.413. The van der Waals surface area contributed by atoms with E-state index in [4.69, 9.17) is 9.72 Å². The third-order valence-corrected chi connectivity index (χ3v) is 7.20. The first-order valence-electron chi connectivity index (χ1n) is 11.8. The molecule has 1 saturated heterocycles. The molecule has 1 spiro atoms. The molecule has 2 N–H and O–H groups in total. The van der Waals surface area contributed by atoms with Crippen molar-refractivity contribution in [3.63, 3.8) is 0 Å². The Kier molecular flexibility index (Phi) is 4.86. The zero-order valence-electron chi connectivity index (χ0n) is 18.2. The summed E-state index contributed by atoms with van der Waals surface area (Å²) in [4.78, 5) is 31.4. The molecule has 6 rings (SSSR count). The topological polar surface area (TPSA) is 95.5 Å². The molecule has 0 aromatic carbocycles. The van der Waals surface area contributed by atoms with Gasteiger partial charge in [0.15, 0.2) is 17.2 Å². The molecule has 2 saturated carbocycles. The molecule has 0 atom stereocenters. The van der Waals surface area contributed by atoms with Crippen LogP contribution in [0.4, 0.5) is 23.3 Å². The number of rotatable bonds is 4. The summed E-state index contributed by atoms with van der Waals surface area (Å²) >= 11 is 0. The van der Waals surface area contributed by atoms with Crippen LogP contribution in [-0.4, -0.2) is 58.7 Å². The van der Waals surface area contributed by atoms with Gasteiger partial charge in [-0.05, 0) is 44.2 Å². The van der Waals surface area contributed by atoms with Gasteiger partial charge in [0, 0.05) is 32.2 Å². The molecule has 0 bridgehead atoms. The number of pyridine rings is 1. The Labute approximate surface area is 187 Å². The number of nitrogens with zero attached hydrogens (tertiary/aromatic N) is 5. The number of amides is 1. The summed E-state index contributed by atoms with van der Waals surface area (Å²) < 4.78 is 6.18. The molecular weight excluding hydrogens is 406 g/mol. The van der Waals surface area contributed by atoms with Crippen molar-refractivity contribution in [1.82, 2.24) is 20.3 Å². The lowest BCUT2D eigenvalue weighted by Crippen LogP contribution is -2.62. The molecular formula is C23H29N7O2. The predicted octanol–water partition coefficient (Wildman–Crippen LogP) is 2.62. The SMILES string of the molecule is O=C1N(C2CCCC2)c2nc(Nc3ccc(N4CCNCC4)cn3)ncc2OC12CCC2. The summed E-state index contributed by atoms with van der Waals surface area (Å²) in [7, 11) is 0. The first-order chi connectivity index (χ1) is 15.7. The van der Waals surface area contributed by atoms with Crippen LogP contribution in [0.25, 0.3) is 0 Å². The van der Waals surface area contributed by atoms with Crippen LogP contribution in [0.2, 0.25) is 0 Å². The first kappa shape index (κ1) is 19.7. The Morgan fingerprint density at radius 3 is 2.56 bits per heavy atom. The maximum atomic E-state index is 13.4. The number of carbonyl (C=O) groups excluding carboxylic acids is 1. The van der Waals surface area contributed by atoms with Crippen LogP contribution in [0.15, 0.2) is 24.5 Å². The minimum atomic E-state index is -0.699. The second-order valence-corrected chi connectivity index (χ2v) is 9.21. The Balaban J connectivity index is 1.25. The number of hydrogen-bond donors (Lipinski definition) is 2. The van der Waals surface area contributed by atoms with Crippen LogP contribution < -0.4 is 25.2 Å². The molecule has 2 aliphatic heterocycles. The highest BCUT2D eigenvalue weighted by atomic mass is 16.5. The molecule has 1 amide bonds. The van der Waals surface area contributed by atoms with Gasteiger partial charge in [-0.15, -0.1) is 0 Å². The van der Waals surface area contributed by atoms with Crippen molar-refractivity contribution in [1.29, 1.82) is 0 Å². The molecule has 2 aliphatic carbocycles. The quantitative estimate of drug-likeness (QED) is 0.757. The van der Waals surface area contributed by atoms with E-state index in [2.05, 4.69) is 31.6 Å². The first-order valence-corrected chi connectivity index (χ1v) is 11.8. The van der Waals surface area contributed by atoms with E-state index in [9.17, 15) is 4.79 Å². The minimum Gasteiger partial charge on any atom is -0.472 e. The van der Waals surface area contributed by atoms with Gasteiger partial charge < -0.3 is 20.3 Å². The van der Waals surface area contributed by atoms with Crippen molar-refractivity contribution in [2.45, 2.75) is 56.6 Å². The third-order valence-electron chi connectivity index (χ3n) is 7.20. The number of anilines is 4. The molecule has 4 heterocycles. The lowest BCUT2D eigenvalue weighted by Gasteiger charge is -2.48. The van der Waals surface area contributed by atoms with Gasteiger partial charge in [-0.25, -0.2) is 9.97 Å². The van der Waals surface area contributed by atoms with Crippen LogP contribution in [0, 0.1) is 0 Å². The average Bonchev–Trinajstić information content (AvgIpc) is 3.33. The van der Waals surface area contributed by atoms with Gasteiger partial charge in [-0.3, -0.25) is 9.69 Å². The second kappa shape index (κ2) is 7.88. The number of aromatic nitrogens is 3. The van der Waals surface area contributed by atoms with Crippen molar-refractivity contribution in [3.8, 4) is 5.75 Å². The third kappa shape index (κ3) is 3.35. The van der Waals surface area contributed by atoms with Crippen LogP contribution >= 0.6 is 0 Å².